The summed E-state index contributed by atoms with van der Waals surface area (Å²) in [7, 11) is 0. The summed E-state index contributed by atoms with van der Waals surface area (Å²) in [5.74, 6) is -1.70. The molecule has 1 unspecified atom stereocenters. The molecule has 3 heterocycles. The second kappa shape index (κ2) is 8.84. The molecule has 4 rings (SSSR count). The Morgan fingerprint density at radius 3 is 2.61 bits per heavy atom. The first-order chi connectivity index (χ1) is 14.9. The lowest BCUT2D eigenvalue weighted by atomic mass is 9.92. The van der Waals surface area contributed by atoms with Gasteiger partial charge in [-0.25, -0.2) is 5.10 Å². The van der Waals surface area contributed by atoms with Crippen LogP contribution in [0.5, 0.6) is 0 Å². The standard InChI is InChI=1S/C21H25N5O5/c27-18-4-1-13(20(30)22-18)11-17-15-3-2-14(12-16(15)21(31)24-23-17)26-9-7-25(8-10-26)6-5-19(28)29/h2-3,12-13H,1,4-11H2,(H,24,31)(H,28,29)(H,22,27,30). The minimum Gasteiger partial charge on any atom is -0.481 e. The van der Waals surface area contributed by atoms with Gasteiger partial charge in [0.1, 0.15) is 0 Å². The van der Waals surface area contributed by atoms with Crippen LogP contribution in [0.25, 0.3) is 10.8 Å². The van der Waals surface area contributed by atoms with E-state index in [-0.39, 0.29) is 29.7 Å². The highest BCUT2D eigenvalue weighted by atomic mass is 16.4. The van der Waals surface area contributed by atoms with Gasteiger partial charge in [-0.1, -0.05) is 6.07 Å². The van der Waals surface area contributed by atoms with E-state index in [0.717, 1.165) is 31.9 Å². The Hall–Kier alpha value is -3.27. The molecule has 164 valence electrons. The average molecular weight is 427 g/mol. The summed E-state index contributed by atoms with van der Waals surface area (Å²) in [6.07, 6.45) is 1.26. The van der Waals surface area contributed by atoms with E-state index in [4.69, 9.17) is 5.11 Å². The smallest absolute Gasteiger partial charge is 0.304 e. The number of carboxylic acid groups (broad SMARTS) is 1. The van der Waals surface area contributed by atoms with E-state index >= 15 is 0 Å². The molecule has 1 aromatic carbocycles. The number of imide groups is 1. The van der Waals surface area contributed by atoms with Crippen molar-refractivity contribution in [3.63, 3.8) is 0 Å². The van der Waals surface area contributed by atoms with Crippen molar-refractivity contribution >= 4 is 34.2 Å². The van der Waals surface area contributed by atoms with Crippen LogP contribution in [-0.2, 0) is 20.8 Å². The highest BCUT2D eigenvalue weighted by Crippen LogP contribution is 2.25. The second-order valence-electron chi connectivity index (χ2n) is 8.05. The number of H-pyrrole nitrogens is 1. The lowest BCUT2D eigenvalue weighted by Gasteiger charge is -2.36. The molecule has 0 saturated carbocycles. The molecule has 0 spiro atoms. The van der Waals surface area contributed by atoms with Crippen molar-refractivity contribution in [3.8, 4) is 0 Å². The molecular weight excluding hydrogens is 402 g/mol. The zero-order chi connectivity index (χ0) is 22.0. The first kappa shape index (κ1) is 21.0. The summed E-state index contributed by atoms with van der Waals surface area (Å²) >= 11 is 0. The second-order valence-corrected chi connectivity index (χ2v) is 8.05. The lowest BCUT2D eigenvalue weighted by Crippen LogP contribution is -2.47. The fourth-order valence-corrected chi connectivity index (χ4v) is 4.21. The molecule has 2 fully saturated rings. The van der Waals surface area contributed by atoms with Crippen LogP contribution in [0.3, 0.4) is 0 Å². The molecule has 0 aliphatic carbocycles. The van der Waals surface area contributed by atoms with E-state index in [0.29, 0.717) is 42.3 Å². The summed E-state index contributed by atoms with van der Waals surface area (Å²) in [5, 5.41) is 19.1. The van der Waals surface area contributed by atoms with Crippen LogP contribution in [0.4, 0.5) is 5.69 Å². The number of nitrogens with zero attached hydrogens (tertiary/aromatic N) is 3. The average Bonchev–Trinajstić information content (AvgIpc) is 2.76. The topological polar surface area (TPSA) is 136 Å². The van der Waals surface area contributed by atoms with Crippen molar-refractivity contribution in [1.29, 1.82) is 0 Å². The Morgan fingerprint density at radius 2 is 1.90 bits per heavy atom. The van der Waals surface area contributed by atoms with Crippen LogP contribution in [-0.4, -0.2) is 70.7 Å². The van der Waals surface area contributed by atoms with Crippen molar-refractivity contribution in [2.24, 2.45) is 5.92 Å². The Labute approximate surface area is 178 Å². The van der Waals surface area contributed by atoms with Gasteiger partial charge in [0.2, 0.25) is 11.8 Å². The number of piperidine rings is 1. The van der Waals surface area contributed by atoms with Crippen LogP contribution >= 0.6 is 0 Å². The molecule has 31 heavy (non-hydrogen) atoms. The van der Waals surface area contributed by atoms with Crippen LogP contribution in [0.15, 0.2) is 23.0 Å². The minimum absolute atomic E-state index is 0.133. The Morgan fingerprint density at radius 1 is 1.13 bits per heavy atom. The molecule has 2 aliphatic rings. The number of benzene rings is 1. The van der Waals surface area contributed by atoms with Crippen LogP contribution in [0.2, 0.25) is 0 Å². The number of carboxylic acids is 1. The van der Waals surface area contributed by atoms with E-state index in [1.165, 1.54) is 0 Å². The summed E-state index contributed by atoms with van der Waals surface area (Å²) in [5.41, 5.74) is 1.27. The van der Waals surface area contributed by atoms with Crippen molar-refractivity contribution in [2.75, 3.05) is 37.6 Å². The van der Waals surface area contributed by atoms with Gasteiger partial charge in [0.05, 0.1) is 17.5 Å². The van der Waals surface area contributed by atoms with Crippen LogP contribution in [0, 0.1) is 5.92 Å². The van der Waals surface area contributed by atoms with Gasteiger partial charge >= 0.3 is 5.97 Å². The highest BCUT2D eigenvalue weighted by Gasteiger charge is 2.28. The molecule has 2 aromatic rings. The largest absolute Gasteiger partial charge is 0.481 e. The number of carbonyl (C=O) groups excluding carboxylic acids is 2. The normalized spacial score (nSPS) is 20.1. The first-order valence-electron chi connectivity index (χ1n) is 10.4. The van der Waals surface area contributed by atoms with Gasteiger partial charge in [0, 0.05) is 62.6 Å². The van der Waals surface area contributed by atoms with E-state index in [1.54, 1.807) is 0 Å². The third kappa shape index (κ3) is 4.74. The maximum atomic E-state index is 12.4. The fourth-order valence-electron chi connectivity index (χ4n) is 4.21. The van der Waals surface area contributed by atoms with Gasteiger partial charge in [0.25, 0.3) is 5.56 Å². The zero-order valence-electron chi connectivity index (χ0n) is 17.1. The number of piperazine rings is 1. The molecule has 1 atom stereocenters. The van der Waals surface area contributed by atoms with Gasteiger partial charge in [-0.3, -0.25) is 29.4 Å². The number of amides is 2. The van der Waals surface area contributed by atoms with Crippen molar-refractivity contribution in [3.05, 3.63) is 34.2 Å². The van der Waals surface area contributed by atoms with Crippen molar-refractivity contribution in [2.45, 2.75) is 25.7 Å². The third-order valence-electron chi connectivity index (χ3n) is 6.02. The molecule has 2 amide bonds. The number of rotatable bonds is 6. The van der Waals surface area contributed by atoms with Gasteiger partial charge in [-0.2, -0.15) is 5.10 Å². The molecule has 2 saturated heterocycles. The van der Waals surface area contributed by atoms with Crippen LogP contribution < -0.4 is 15.8 Å². The number of aromatic amines is 1. The Bertz CT molecular complexity index is 1070. The van der Waals surface area contributed by atoms with Crippen molar-refractivity contribution in [1.82, 2.24) is 20.4 Å². The Kier molecular flexibility index (Phi) is 5.99. The van der Waals surface area contributed by atoms with E-state index in [2.05, 4.69) is 25.3 Å². The number of anilines is 1. The number of aromatic nitrogens is 2. The number of aliphatic carboxylic acids is 1. The summed E-state index contributed by atoms with van der Waals surface area (Å²) < 4.78 is 0. The maximum Gasteiger partial charge on any atom is 0.304 e. The number of hydrogen-bond acceptors (Lipinski definition) is 7. The number of hydrogen-bond donors (Lipinski definition) is 3. The van der Waals surface area contributed by atoms with Gasteiger partial charge in [0.15, 0.2) is 0 Å². The number of fused-ring (bicyclic) bond motifs is 1. The predicted octanol–water partition coefficient (Wildman–Crippen LogP) is 0.115. The number of nitrogens with one attached hydrogen (secondary N) is 2. The quantitative estimate of drug-likeness (QED) is 0.553. The summed E-state index contributed by atoms with van der Waals surface area (Å²) in [4.78, 5) is 51.0. The summed E-state index contributed by atoms with van der Waals surface area (Å²) in [6, 6.07) is 5.66. The van der Waals surface area contributed by atoms with E-state index in [9.17, 15) is 19.2 Å². The molecule has 3 N–H and O–H groups in total. The van der Waals surface area contributed by atoms with E-state index < -0.39 is 5.97 Å². The molecule has 2 aliphatic heterocycles. The van der Waals surface area contributed by atoms with Gasteiger partial charge < -0.3 is 10.0 Å². The van der Waals surface area contributed by atoms with E-state index in [1.807, 2.05) is 18.2 Å². The first-order valence-corrected chi connectivity index (χ1v) is 10.4. The summed E-state index contributed by atoms with van der Waals surface area (Å²) in [6.45, 7) is 3.56. The lowest BCUT2D eigenvalue weighted by molar-refractivity contribution is -0.138. The zero-order valence-corrected chi connectivity index (χ0v) is 17.1. The molecule has 0 bridgehead atoms. The molecule has 10 nitrogen and oxygen atoms in total. The van der Waals surface area contributed by atoms with Gasteiger partial charge in [-0.15, -0.1) is 0 Å². The van der Waals surface area contributed by atoms with Gasteiger partial charge in [-0.05, 0) is 18.6 Å². The molecule has 10 heteroatoms. The fraction of sp³-hybridized carbons (Fsp3) is 0.476. The maximum absolute atomic E-state index is 12.4. The number of carbonyl (C=O) groups is 3. The monoisotopic (exact) mass is 427 g/mol. The predicted molar refractivity (Wildman–Crippen MR) is 113 cm³/mol. The Balaban J connectivity index is 1.50. The SMILES string of the molecule is O=C(O)CCN1CCN(c2ccc3c(CC4CCC(=O)NC4=O)n[nH]c(=O)c3c2)CC1. The van der Waals surface area contributed by atoms with Crippen LogP contribution in [0.1, 0.15) is 25.0 Å². The highest BCUT2D eigenvalue weighted by molar-refractivity contribution is 5.99. The molecule has 0 radical (unpaired) electrons. The van der Waals surface area contributed by atoms with Crippen molar-refractivity contribution < 1.29 is 19.5 Å². The molecule has 1 aromatic heterocycles. The third-order valence-corrected chi connectivity index (χ3v) is 6.02. The minimum atomic E-state index is -0.794. The molecular formula is C21H25N5O5.